The van der Waals surface area contributed by atoms with Crippen molar-refractivity contribution >= 4 is 27.5 Å². The molecule has 0 radical (unpaired) electrons. The van der Waals surface area contributed by atoms with E-state index in [1.165, 1.54) is 4.31 Å². The third-order valence-corrected chi connectivity index (χ3v) is 6.88. The van der Waals surface area contributed by atoms with Gasteiger partial charge in [-0.15, -0.1) is 0 Å². The average molecular weight is 403 g/mol. The van der Waals surface area contributed by atoms with Gasteiger partial charge in [0.1, 0.15) is 4.90 Å². The van der Waals surface area contributed by atoms with Crippen LogP contribution in [-0.4, -0.2) is 51.5 Å². The molecule has 1 heterocycles. The van der Waals surface area contributed by atoms with Gasteiger partial charge in [0.05, 0.1) is 5.02 Å². The molecular formula is C18H27ClN2O4S. The van der Waals surface area contributed by atoms with Crippen molar-refractivity contribution in [2.24, 2.45) is 5.92 Å². The second kappa shape index (κ2) is 9.69. The number of aryl methyl sites for hydroxylation is 1. The second-order valence-corrected chi connectivity index (χ2v) is 8.77. The number of ether oxygens (including phenoxy) is 1. The Kier molecular flexibility index (Phi) is 7.88. The van der Waals surface area contributed by atoms with Crippen LogP contribution in [-0.2, 0) is 19.6 Å². The van der Waals surface area contributed by atoms with Crippen molar-refractivity contribution < 1.29 is 17.9 Å². The van der Waals surface area contributed by atoms with Gasteiger partial charge >= 0.3 is 0 Å². The Balaban J connectivity index is 1.88. The van der Waals surface area contributed by atoms with E-state index >= 15 is 0 Å². The minimum absolute atomic E-state index is 0.00749. The first-order valence-corrected chi connectivity index (χ1v) is 10.8. The highest BCUT2D eigenvalue weighted by Gasteiger charge is 2.33. The molecule has 0 spiro atoms. The lowest BCUT2D eigenvalue weighted by Crippen LogP contribution is -2.43. The van der Waals surface area contributed by atoms with Crippen LogP contribution < -0.4 is 5.32 Å². The van der Waals surface area contributed by atoms with Gasteiger partial charge in [-0.05, 0) is 50.8 Å². The fourth-order valence-electron chi connectivity index (χ4n) is 2.99. The van der Waals surface area contributed by atoms with Gasteiger partial charge in [0.2, 0.25) is 15.9 Å². The van der Waals surface area contributed by atoms with E-state index in [0.29, 0.717) is 45.7 Å². The fraction of sp³-hybridized carbons (Fsp3) is 0.611. The standard InChI is InChI=1S/C18H27ClN2O4S/c1-3-25-12-4-9-20-18(22)15-7-10-21(11-8-15)26(23,24)17-6-5-14(2)13-16(17)19/h5-6,13,15H,3-4,7-12H2,1-2H3,(H,20,22). The lowest BCUT2D eigenvalue weighted by atomic mass is 9.97. The molecule has 0 bridgehead atoms. The predicted octanol–water partition coefficient (Wildman–Crippen LogP) is 2.59. The van der Waals surface area contributed by atoms with E-state index in [-0.39, 0.29) is 21.7 Å². The topological polar surface area (TPSA) is 75.7 Å². The van der Waals surface area contributed by atoms with Crippen LogP contribution in [0.25, 0.3) is 0 Å². The Bertz CT molecular complexity index is 716. The number of sulfonamides is 1. The lowest BCUT2D eigenvalue weighted by molar-refractivity contribution is -0.126. The molecule has 6 nitrogen and oxygen atoms in total. The molecule has 8 heteroatoms. The maximum Gasteiger partial charge on any atom is 0.244 e. The molecule has 1 aromatic carbocycles. The molecule has 0 atom stereocenters. The molecular weight excluding hydrogens is 376 g/mol. The van der Waals surface area contributed by atoms with Crippen LogP contribution in [0.2, 0.25) is 5.02 Å². The zero-order valence-electron chi connectivity index (χ0n) is 15.3. The number of carbonyl (C=O) groups is 1. The maximum atomic E-state index is 12.8. The van der Waals surface area contributed by atoms with Crippen molar-refractivity contribution in [2.45, 2.75) is 38.0 Å². The second-order valence-electron chi connectivity index (χ2n) is 6.45. The van der Waals surface area contributed by atoms with E-state index in [0.717, 1.165) is 12.0 Å². The molecule has 1 saturated heterocycles. The van der Waals surface area contributed by atoms with Gasteiger partial charge in [0.15, 0.2) is 0 Å². The summed E-state index contributed by atoms with van der Waals surface area (Å²) in [6, 6.07) is 4.93. The minimum Gasteiger partial charge on any atom is -0.382 e. The molecule has 0 saturated carbocycles. The number of nitrogens with zero attached hydrogens (tertiary/aromatic N) is 1. The number of carbonyl (C=O) groups excluding carboxylic acids is 1. The van der Waals surface area contributed by atoms with Crippen LogP contribution >= 0.6 is 11.6 Å². The number of halogens is 1. The minimum atomic E-state index is -3.63. The van der Waals surface area contributed by atoms with Crippen molar-refractivity contribution in [1.82, 2.24) is 9.62 Å². The highest BCUT2D eigenvalue weighted by Crippen LogP contribution is 2.29. The molecule has 1 amide bonds. The summed E-state index contributed by atoms with van der Waals surface area (Å²) in [6.45, 7) is 6.32. The van der Waals surface area contributed by atoms with Gasteiger partial charge in [-0.1, -0.05) is 17.7 Å². The van der Waals surface area contributed by atoms with Gasteiger partial charge in [0, 0.05) is 38.8 Å². The van der Waals surface area contributed by atoms with Crippen molar-refractivity contribution in [3.05, 3.63) is 28.8 Å². The first-order chi connectivity index (χ1) is 12.4. The Morgan fingerprint density at radius 3 is 2.65 bits per heavy atom. The van der Waals surface area contributed by atoms with Crippen LogP contribution in [0.15, 0.2) is 23.1 Å². The Morgan fingerprint density at radius 1 is 1.35 bits per heavy atom. The summed E-state index contributed by atoms with van der Waals surface area (Å²) in [6.07, 6.45) is 1.80. The molecule has 1 aliphatic heterocycles. The highest BCUT2D eigenvalue weighted by molar-refractivity contribution is 7.89. The third-order valence-electron chi connectivity index (χ3n) is 4.50. The SMILES string of the molecule is CCOCCCNC(=O)C1CCN(S(=O)(=O)c2ccc(C)cc2Cl)CC1. The number of piperidine rings is 1. The summed E-state index contributed by atoms with van der Waals surface area (Å²) in [7, 11) is -3.63. The van der Waals surface area contributed by atoms with Crippen LogP contribution in [0.1, 0.15) is 31.7 Å². The van der Waals surface area contributed by atoms with Gasteiger partial charge in [-0.3, -0.25) is 4.79 Å². The van der Waals surface area contributed by atoms with E-state index in [4.69, 9.17) is 16.3 Å². The van der Waals surface area contributed by atoms with Gasteiger partial charge in [0.25, 0.3) is 0 Å². The van der Waals surface area contributed by atoms with Crippen molar-refractivity contribution in [2.75, 3.05) is 32.8 Å². The number of hydrogen-bond acceptors (Lipinski definition) is 4. The van der Waals surface area contributed by atoms with Gasteiger partial charge in [-0.2, -0.15) is 4.31 Å². The fourth-order valence-corrected chi connectivity index (χ4v) is 5.03. The predicted molar refractivity (Wildman–Crippen MR) is 102 cm³/mol. The molecule has 1 N–H and O–H groups in total. The molecule has 0 aliphatic carbocycles. The van der Waals surface area contributed by atoms with Crippen LogP contribution in [0, 0.1) is 12.8 Å². The van der Waals surface area contributed by atoms with E-state index in [1.54, 1.807) is 18.2 Å². The molecule has 146 valence electrons. The summed E-state index contributed by atoms with van der Waals surface area (Å²) in [4.78, 5) is 12.3. The molecule has 0 aromatic heterocycles. The summed E-state index contributed by atoms with van der Waals surface area (Å²) in [5.74, 6) is -0.158. The van der Waals surface area contributed by atoms with Crippen LogP contribution in [0.4, 0.5) is 0 Å². The highest BCUT2D eigenvalue weighted by atomic mass is 35.5. The first-order valence-electron chi connectivity index (χ1n) is 8.98. The van der Waals surface area contributed by atoms with E-state index < -0.39 is 10.0 Å². The Labute approximate surface area is 160 Å². The van der Waals surface area contributed by atoms with E-state index in [9.17, 15) is 13.2 Å². The zero-order chi connectivity index (χ0) is 19.2. The molecule has 1 aliphatic rings. The van der Waals surface area contributed by atoms with Gasteiger partial charge in [-0.25, -0.2) is 8.42 Å². The normalized spacial score (nSPS) is 16.6. The smallest absolute Gasteiger partial charge is 0.244 e. The molecule has 0 unspecified atom stereocenters. The lowest BCUT2D eigenvalue weighted by Gasteiger charge is -2.30. The van der Waals surface area contributed by atoms with Gasteiger partial charge < -0.3 is 10.1 Å². The van der Waals surface area contributed by atoms with E-state index in [1.807, 2.05) is 13.8 Å². The largest absolute Gasteiger partial charge is 0.382 e. The molecule has 26 heavy (non-hydrogen) atoms. The Hall–Kier alpha value is -1.15. The van der Waals surface area contributed by atoms with Crippen molar-refractivity contribution in [3.63, 3.8) is 0 Å². The summed E-state index contributed by atoms with van der Waals surface area (Å²) in [5.41, 5.74) is 0.911. The zero-order valence-corrected chi connectivity index (χ0v) is 16.9. The maximum absolute atomic E-state index is 12.8. The number of benzene rings is 1. The number of nitrogens with one attached hydrogen (secondary N) is 1. The summed E-state index contributed by atoms with van der Waals surface area (Å²) in [5, 5.41) is 3.14. The number of hydrogen-bond donors (Lipinski definition) is 1. The first kappa shape index (κ1) is 21.2. The molecule has 1 aromatic rings. The van der Waals surface area contributed by atoms with Crippen LogP contribution in [0.5, 0.6) is 0 Å². The summed E-state index contributed by atoms with van der Waals surface area (Å²) < 4.78 is 32.2. The average Bonchev–Trinajstić information content (AvgIpc) is 2.61. The Morgan fingerprint density at radius 2 is 2.04 bits per heavy atom. The third kappa shape index (κ3) is 5.42. The quantitative estimate of drug-likeness (QED) is 0.678. The monoisotopic (exact) mass is 402 g/mol. The van der Waals surface area contributed by atoms with Crippen LogP contribution in [0.3, 0.4) is 0 Å². The number of rotatable bonds is 8. The molecule has 1 fully saturated rings. The number of amides is 1. The van der Waals surface area contributed by atoms with Crippen molar-refractivity contribution in [1.29, 1.82) is 0 Å². The molecule has 2 rings (SSSR count). The van der Waals surface area contributed by atoms with E-state index in [2.05, 4.69) is 5.32 Å². The summed E-state index contributed by atoms with van der Waals surface area (Å²) >= 11 is 6.13. The van der Waals surface area contributed by atoms with Crippen molar-refractivity contribution in [3.8, 4) is 0 Å².